The number of imidazole rings is 1. The summed E-state index contributed by atoms with van der Waals surface area (Å²) in [7, 11) is 6.08. The van der Waals surface area contributed by atoms with Gasteiger partial charge in [0.15, 0.2) is 0 Å². The molecule has 5 heteroatoms. The summed E-state index contributed by atoms with van der Waals surface area (Å²) >= 11 is 3.54. The van der Waals surface area contributed by atoms with Crippen molar-refractivity contribution in [2.24, 2.45) is 7.05 Å². The molecule has 0 fully saturated rings. The molecule has 1 N–H and O–H groups in total. The Morgan fingerprint density at radius 1 is 1.42 bits per heavy atom. The average molecular weight is 323 g/mol. The van der Waals surface area contributed by atoms with E-state index in [0.29, 0.717) is 0 Å². The zero-order valence-corrected chi connectivity index (χ0v) is 13.1. The molecule has 0 saturated heterocycles. The lowest BCUT2D eigenvalue weighted by Crippen LogP contribution is -2.21. The minimum absolute atomic E-state index is 0.788. The van der Waals surface area contributed by atoms with Gasteiger partial charge in [0, 0.05) is 43.2 Å². The smallest absolute Gasteiger partial charge is 0.127 e. The van der Waals surface area contributed by atoms with Gasteiger partial charge in [0.05, 0.1) is 6.54 Å². The van der Waals surface area contributed by atoms with E-state index in [-0.39, 0.29) is 0 Å². The van der Waals surface area contributed by atoms with E-state index in [1.807, 2.05) is 31.1 Å². The van der Waals surface area contributed by atoms with Crippen LogP contribution in [0.3, 0.4) is 0 Å². The molecule has 1 heterocycles. The molecule has 0 unspecified atom stereocenters. The summed E-state index contributed by atoms with van der Waals surface area (Å²) < 4.78 is 3.14. The fourth-order valence-corrected chi connectivity index (χ4v) is 2.43. The highest BCUT2D eigenvalue weighted by molar-refractivity contribution is 9.10. The maximum atomic E-state index is 4.37. The first-order valence-electron chi connectivity index (χ1n) is 6.22. The van der Waals surface area contributed by atoms with E-state index in [1.165, 1.54) is 11.3 Å². The topological polar surface area (TPSA) is 33.1 Å². The maximum absolute atomic E-state index is 4.37. The minimum atomic E-state index is 0.788. The van der Waals surface area contributed by atoms with Crippen LogP contribution in [0, 0.1) is 0 Å². The van der Waals surface area contributed by atoms with Crippen molar-refractivity contribution in [1.82, 2.24) is 14.9 Å². The van der Waals surface area contributed by atoms with Gasteiger partial charge in [-0.15, -0.1) is 0 Å². The second kappa shape index (κ2) is 6.21. The van der Waals surface area contributed by atoms with Crippen LogP contribution in [-0.4, -0.2) is 23.6 Å². The van der Waals surface area contributed by atoms with Crippen molar-refractivity contribution in [2.45, 2.75) is 13.1 Å². The predicted octanol–water partition coefficient (Wildman–Crippen LogP) is 2.54. The summed E-state index contributed by atoms with van der Waals surface area (Å²) in [5, 5.41) is 3.21. The molecule has 2 rings (SSSR count). The van der Waals surface area contributed by atoms with Crippen LogP contribution in [0.1, 0.15) is 11.4 Å². The fourth-order valence-electron chi connectivity index (χ4n) is 2.08. The van der Waals surface area contributed by atoms with Crippen molar-refractivity contribution in [2.75, 3.05) is 19.0 Å². The van der Waals surface area contributed by atoms with Crippen LogP contribution in [-0.2, 0) is 20.1 Å². The number of anilines is 1. The number of halogens is 1. The number of benzene rings is 1. The number of hydrogen-bond donors (Lipinski definition) is 1. The van der Waals surface area contributed by atoms with Crippen molar-refractivity contribution in [3.8, 4) is 0 Å². The van der Waals surface area contributed by atoms with E-state index in [1.54, 1.807) is 0 Å². The fraction of sp³-hybridized carbons (Fsp3) is 0.357. The van der Waals surface area contributed by atoms with Crippen molar-refractivity contribution in [3.63, 3.8) is 0 Å². The molecule has 0 aliphatic rings. The van der Waals surface area contributed by atoms with Gasteiger partial charge in [-0.25, -0.2) is 4.98 Å². The van der Waals surface area contributed by atoms with E-state index in [2.05, 4.69) is 56.4 Å². The predicted molar refractivity (Wildman–Crippen MR) is 82.2 cm³/mol. The van der Waals surface area contributed by atoms with Crippen LogP contribution in [0.2, 0.25) is 0 Å². The molecule has 2 aromatic rings. The zero-order chi connectivity index (χ0) is 13.8. The molecule has 0 bridgehead atoms. The van der Waals surface area contributed by atoms with E-state index in [9.17, 15) is 0 Å². The zero-order valence-electron chi connectivity index (χ0n) is 11.5. The van der Waals surface area contributed by atoms with Gasteiger partial charge in [-0.05, 0) is 24.7 Å². The summed E-state index contributed by atoms with van der Waals surface area (Å²) in [6.45, 7) is 1.64. The Kier molecular flexibility index (Phi) is 4.61. The number of aromatic nitrogens is 2. The monoisotopic (exact) mass is 322 g/mol. The Morgan fingerprint density at radius 3 is 2.84 bits per heavy atom. The molecular formula is C14H19BrN4. The van der Waals surface area contributed by atoms with E-state index in [4.69, 9.17) is 0 Å². The van der Waals surface area contributed by atoms with Gasteiger partial charge in [-0.3, -0.25) is 0 Å². The first kappa shape index (κ1) is 14.1. The Labute approximate surface area is 122 Å². The molecule has 0 saturated carbocycles. The van der Waals surface area contributed by atoms with Crippen LogP contribution in [0.15, 0.2) is 35.1 Å². The second-order valence-corrected chi connectivity index (χ2v) is 5.53. The molecule has 0 radical (unpaired) electrons. The van der Waals surface area contributed by atoms with Crippen molar-refractivity contribution in [1.29, 1.82) is 0 Å². The molecule has 0 spiro atoms. The number of aryl methyl sites for hydroxylation is 1. The van der Waals surface area contributed by atoms with Gasteiger partial charge >= 0.3 is 0 Å². The number of nitrogens with one attached hydrogen (secondary N) is 1. The molecule has 0 aliphatic heterocycles. The van der Waals surface area contributed by atoms with Crippen molar-refractivity contribution >= 4 is 21.6 Å². The summed E-state index contributed by atoms with van der Waals surface area (Å²) in [5.74, 6) is 1.05. The largest absolute Gasteiger partial charge is 0.367 e. The SMILES string of the molecule is CNCc1ccc(Br)cc1N(C)Cc1nccn1C. The van der Waals surface area contributed by atoms with Crippen molar-refractivity contribution < 1.29 is 0 Å². The highest BCUT2D eigenvalue weighted by Crippen LogP contribution is 2.25. The third kappa shape index (κ3) is 3.36. The van der Waals surface area contributed by atoms with Crippen LogP contribution >= 0.6 is 15.9 Å². The van der Waals surface area contributed by atoms with Crippen LogP contribution in [0.5, 0.6) is 0 Å². The lowest BCUT2D eigenvalue weighted by Gasteiger charge is -2.22. The highest BCUT2D eigenvalue weighted by Gasteiger charge is 2.10. The normalized spacial score (nSPS) is 10.7. The molecular weight excluding hydrogens is 304 g/mol. The summed E-state index contributed by atoms with van der Waals surface area (Å²) in [6.07, 6.45) is 3.80. The molecule has 4 nitrogen and oxygen atoms in total. The number of hydrogen-bond acceptors (Lipinski definition) is 3. The second-order valence-electron chi connectivity index (χ2n) is 4.61. The molecule has 0 aliphatic carbocycles. The van der Waals surface area contributed by atoms with Gasteiger partial charge in [-0.2, -0.15) is 0 Å². The van der Waals surface area contributed by atoms with Gasteiger partial charge in [0.1, 0.15) is 5.82 Å². The third-order valence-electron chi connectivity index (χ3n) is 3.13. The quantitative estimate of drug-likeness (QED) is 0.918. The summed E-state index contributed by atoms with van der Waals surface area (Å²) in [4.78, 5) is 6.60. The Morgan fingerprint density at radius 2 is 2.21 bits per heavy atom. The third-order valence-corrected chi connectivity index (χ3v) is 3.62. The lowest BCUT2D eigenvalue weighted by atomic mass is 10.1. The molecule has 19 heavy (non-hydrogen) atoms. The van der Waals surface area contributed by atoms with E-state index >= 15 is 0 Å². The highest BCUT2D eigenvalue weighted by atomic mass is 79.9. The van der Waals surface area contributed by atoms with E-state index < -0.39 is 0 Å². The lowest BCUT2D eigenvalue weighted by molar-refractivity contribution is 0.751. The van der Waals surface area contributed by atoms with Crippen LogP contribution in [0.25, 0.3) is 0 Å². The van der Waals surface area contributed by atoms with Crippen LogP contribution < -0.4 is 10.2 Å². The van der Waals surface area contributed by atoms with E-state index in [0.717, 1.165) is 23.4 Å². The first-order chi connectivity index (χ1) is 9.11. The maximum Gasteiger partial charge on any atom is 0.127 e. The van der Waals surface area contributed by atoms with Gasteiger partial charge in [0.2, 0.25) is 0 Å². The Bertz CT molecular complexity index is 550. The Hall–Kier alpha value is -1.33. The summed E-state index contributed by atoms with van der Waals surface area (Å²) in [6, 6.07) is 6.37. The molecule has 1 aromatic carbocycles. The van der Waals surface area contributed by atoms with Gasteiger partial charge < -0.3 is 14.8 Å². The van der Waals surface area contributed by atoms with Crippen LogP contribution in [0.4, 0.5) is 5.69 Å². The average Bonchev–Trinajstić information content (AvgIpc) is 2.77. The van der Waals surface area contributed by atoms with Gasteiger partial charge in [-0.1, -0.05) is 22.0 Å². The minimum Gasteiger partial charge on any atom is -0.367 e. The number of rotatable bonds is 5. The molecule has 1 aromatic heterocycles. The molecule has 102 valence electrons. The van der Waals surface area contributed by atoms with Gasteiger partial charge in [0.25, 0.3) is 0 Å². The summed E-state index contributed by atoms with van der Waals surface area (Å²) in [5.41, 5.74) is 2.49. The Balaban J connectivity index is 2.24. The molecule has 0 atom stereocenters. The standard InChI is InChI=1S/C14H19BrN4/c1-16-9-11-4-5-12(15)8-13(11)19(3)10-14-17-6-7-18(14)2/h4-8,16H,9-10H2,1-3H3. The van der Waals surface area contributed by atoms with Crippen molar-refractivity contribution in [3.05, 3.63) is 46.5 Å². The number of nitrogens with zero attached hydrogens (tertiary/aromatic N) is 3. The molecule has 0 amide bonds. The first-order valence-corrected chi connectivity index (χ1v) is 7.01.